The minimum atomic E-state index is -0.431. The van der Waals surface area contributed by atoms with Crippen molar-refractivity contribution in [1.82, 2.24) is 5.32 Å². The Morgan fingerprint density at radius 2 is 1.50 bits per heavy atom. The molecule has 1 heterocycles. The van der Waals surface area contributed by atoms with E-state index in [1.807, 2.05) is 43.3 Å². The van der Waals surface area contributed by atoms with Gasteiger partial charge in [0.1, 0.15) is 6.61 Å². The number of hydrogen-bond acceptors (Lipinski definition) is 2. The summed E-state index contributed by atoms with van der Waals surface area (Å²) in [5, 5.41) is 2.97. The van der Waals surface area contributed by atoms with E-state index >= 15 is 0 Å². The second-order valence-corrected chi connectivity index (χ2v) is 5.37. The van der Waals surface area contributed by atoms with Crippen LogP contribution in [0, 0.1) is 0 Å². The highest BCUT2D eigenvalue weighted by Gasteiger charge is 2.43. The highest BCUT2D eigenvalue weighted by atomic mass is 16.6. The molecule has 1 atom stereocenters. The summed E-state index contributed by atoms with van der Waals surface area (Å²) in [4.78, 5) is 11.5. The Bertz CT molecular complexity index is 557. The summed E-state index contributed by atoms with van der Waals surface area (Å²) in [6.45, 7) is 2.41. The van der Waals surface area contributed by atoms with Crippen LogP contribution in [0.1, 0.15) is 24.0 Å². The topological polar surface area (TPSA) is 38.3 Å². The van der Waals surface area contributed by atoms with Gasteiger partial charge in [0.25, 0.3) is 0 Å². The van der Waals surface area contributed by atoms with E-state index in [4.69, 9.17) is 4.74 Å². The van der Waals surface area contributed by atoms with Crippen LogP contribution in [0.25, 0.3) is 0 Å². The van der Waals surface area contributed by atoms with Gasteiger partial charge in [-0.1, -0.05) is 60.7 Å². The molecule has 102 valence electrons. The van der Waals surface area contributed by atoms with E-state index < -0.39 is 5.54 Å². The van der Waals surface area contributed by atoms with E-state index in [-0.39, 0.29) is 12.0 Å². The van der Waals surface area contributed by atoms with Crippen LogP contribution in [0.3, 0.4) is 0 Å². The van der Waals surface area contributed by atoms with Crippen LogP contribution in [0.4, 0.5) is 4.79 Å². The van der Waals surface area contributed by atoms with Gasteiger partial charge in [0.05, 0.1) is 5.54 Å². The monoisotopic (exact) mass is 267 g/mol. The molecule has 2 aromatic rings. The number of carbonyl (C=O) groups excluding carboxylic acids is 1. The molecule has 2 aromatic carbocycles. The van der Waals surface area contributed by atoms with Gasteiger partial charge in [0.2, 0.25) is 0 Å². The van der Waals surface area contributed by atoms with Crippen LogP contribution in [0.2, 0.25) is 0 Å². The molecule has 3 rings (SSSR count). The van der Waals surface area contributed by atoms with E-state index in [9.17, 15) is 4.79 Å². The number of rotatable bonds is 3. The summed E-state index contributed by atoms with van der Waals surface area (Å²) < 4.78 is 5.14. The third kappa shape index (κ3) is 2.27. The first-order valence-corrected chi connectivity index (χ1v) is 6.74. The van der Waals surface area contributed by atoms with Crippen molar-refractivity contribution in [2.45, 2.75) is 18.4 Å². The molecule has 1 fully saturated rings. The van der Waals surface area contributed by atoms with Crippen molar-refractivity contribution in [3.63, 3.8) is 0 Å². The van der Waals surface area contributed by atoms with Crippen molar-refractivity contribution in [2.75, 3.05) is 6.61 Å². The van der Waals surface area contributed by atoms with Crippen molar-refractivity contribution in [3.05, 3.63) is 71.8 Å². The second kappa shape index (κ2) is 5.00. The predicted molar refractivity (Wildman–Crippen MR) is 77.6 cm³/mol. The summed E-state index contributed by atoms with van der Waals surface area (Å²) in [6.07, 6.45) is -0.343. The Balaban J connectivity index is 2.07. The Kier molecular flexibility index (Phi) is 3.18. The smallest absolute Gasteiger partial charge is 0.407 e. The highest BCUT2D eigenvalue weighted by molar-refractivity contribution is 5.71. The van der Waals surface area contributed by atoms with Gasteiger partial charge in [-0.25, -0.2) is 4.79 Å². The van der Waals surface area contributed by atoms with Crippen LogP contribution in [0.5, 0.6) is 0 Å². The molecule has 3 heteroatoms. The standard InChI is InChI=1S/C17H17NO2/c1-17(12-20-16(19)18-17)15(13-8-4-2-5-9-13)14-10-6-3-7-11-14/h2-11,15H,12H2,1H3,(H,18,19). The van der Waals surface area contributed by atoms with E-state index in [1.165, 1.54) is 11.1 Å². The maximum Gasteiger partial charge on any atom is 0.407 e. The van der Waals surface area contributed by atoms with E-state index in [0.717, 1.165) is 0 Å². The Labute approximate surface area is 118 Å². The minimum absolute atomic E-state index is 0.0661. The minimum Gasteiger partial charge on any atom is -0.447 e. The molecule has 1 saturated heterocycles. The fourth-order valence-corrected chi connectivity index (χ4v) is 2.90. The largest absolute Gasteiger partial charge is 0.447 e. The number of alkyl carbamates (subject to hydrolysis) is 1. The summed E-state index contributed by atoms with van der Waals surface area (Å²) in [5.74, 6) is 0.0661. The molecule has 1 aliphatic rings. The molecule has 1 amide bonds. The van der Waals surface area contributed by atoms with Gasteiger partial charge in [0.15, 0.2) is 0 Å². The lowest BCUT2D eigenvalue weighted by Gasteiger charge is -2.32. The lowest BCUT2D eigenvalue weighted by atomic mass is 9.77. The Morgan fingerprint density at radius 3 is 1.90 bits per heavy atom. The summed E-state index contributed by atoms with van der Waals surface area (Å²) in [5.41, 5.74) is 1.92. The molecule has 0 aliphatic carbocycles. The number of benzene rings is 2. The summed E-state index contributed by atoms with van der Waals surface area (Å²) in [7, 11) is 0. The SMILES string of the molecule is CC1(C(c2ccccc2)c2ccccc2)COC(=O)N1. The number of nitrogens with one attached hydrogen (secondary N) is 1. The number of carbonyl (C=O) groups is 1. The van der Waals surface area contributed by atoms with Gasteiger partial charge in [-0.3, -0.25) is 0 Å². The van der Waals surface area contributed by atoms with Crippen LogP contribution in [0.15, 0.2) is 60.7 Å². The molecule has 0 radical (unpaired) electrons. The van der Waals surface area contributed by atoms with Crippen molar-refractivity contribution in [1.29, 1.82) is 0 Å². The fraction of sp³-hybridized carbons (Fsp3) is 0.235. The zero-order valence-corrected chi connectivity index (χ0v) is 11.4. The molecule has 0 bridgehead atoms. The van der Waals surface area contributed by atoms with Gasteiger partial charge in [-0.2, -0.15) is 0 Å². The first kappa shape index (κ1) is 12.7. The molecule has 1 N–H and O–H groups in total. The second-order valence-electron chi connectivity index (χ2n) is 5.37. The maximum atomic E-state index is 11.5. The van der Waals surface area contributed by atoms with Crippen LogP contribution >= 0.6 is 0 Å². The number of amides is 1. The quantitative estimate of drug-likeness (QED) is 0.926. The zero-order chi connectivity index (χ0) is 14.0. The molecule has 1 aliphatic heterocycles. The molecule has 0 saturated carbocycles. The van der Waals surface area contributed by atoms with Crippen molar-refractivity contribution >= 4 is 6.09 Å². The molecule has 1 unspecified atom stereocenters. The number of hydrogen-bond donors (Lipinski definition) is 1. The Hall–Kier alpha value is -2.29. The van der Waals surface area contributed by atoms with Crippen LogP contribution in [-0.4, -0.2) is 18.2 Å². The van der Waals surface area contributed by atoms with E-state index in [2.05, 4.69) is 29.6 Å². The van der Waals surface area contributed by atoms with Crippen molar-refractivity contribution in [2.24, 2.45) is 0 Å². The van der Waals surface area contributed by atoms with E-state index in [1.54, 1.807) is 0 Å². The Morgan fingerprint density at radius 1 is 1.00 bits per heavy atom. The van der Waals surface area contributed by atoms with Gasteiger partial charge in [-0.15, -0.1) is 0 Å². The fourth-order valence-electron chi connectivity index (χ4n) is 2.90. The molecule has 20 heavy (non-hydrogen) atoms. The molecular formula is C17H17NO2. The lowest BCUT2D eigenvalue weighted by Crippen LogP contribution is -2.46. The third-order valence-corrected chi connectivity index (χ3v) is 3.79. The first-order valence-electron chi connectivity index (χ1n) is 6.74. The summed E-state index contributed by atoms with van der Waals surface area (Å²) >= 11 is 0. The van der Waals surface area contributed by atoms with Gasteiger partial charge >= 0.3 is 6.09 Å². The molecular weight excluding hydrogens is 250 g/mol. The van der Waals surface area contributed by atoms with Crippen molar-refractivity contribution in [3.8, 4) is 0 Å². The lowest BCUT2D eigenvalue weighted by molar-refractivity contribution is 0.172. The first-order chi connectivity index (χ1) is 9.69. The van der Waals surface area contributed by atoms with Gasteiger partial charge < -0.3 is 10.1 Å². The molecule has 0 aromatic heterocycles. The van der Waals surface area contributed by atoms with Gasteiger partial charge in [-0.05, 0) is 18.1 Å². The number of ether oxygens (including phenoxy) is 1. The molecule has 3 nitrogen and oxygen atoms in total. The predicted octanol–water partition coefficient (Wildman–Crippen LogP) is 3.32. The third-order valence-electron chi connectivity index (χ3n) is 3.79. The highest BCUT2D eigenvalue weighted by Crippen LogP contribution is 2.37. The van der Waals surface area contributed by atoms with Crippen LogP contribution < -0.4 is 5.32 Å². The zero-order valence-electron chi connectivity index (χ0n) is 11.4. The van der Waals surface area contributed by atoms with E-state index in [0.29, 0.717) is 6.61 Å². The normalized spacial score (nSPS) is 21.6. The average Bonchev–Trinajstić information content (AvgIpc) is 2.81. The molecule has 0 spiro atoms. The summed E-state index contributed by atoms with van der Waals surface area (Å²) in [6, 6.07) is 20.4. The van der Waals surface area contributed by atoms with Gasteiger partial charge in [0, 0.05) is 5.92 Å². The average molecular weight is 267 g/mol. The number of cyclic esters (lactones) is 1. The van der Waals surface area contributed by atoms with Crippen LogP contribution in [-0.2, 0) is 4.74 Å². The maximum absolute atomic E-state index is 11.5. The van der Waals surface area contributed by atoms with Crippen molar-refractivity contribution < 1.29 is 9.53 Å².